The summed E-state index contributed by atoms with van der Waals surface area (Å²) in [6, 6.07) is 3.14. The van der Waals surface area contributed by atoms with Crippen molar-refractivity contribution >= 4 is 11.5 Å². The Bertz CT molecular complexity index is 951. The van der Waals surface area contributed by atoms with Crippen molar-refractivity contribution in [3.63, 3.8) is 0 Å². The molecule has 7 nitrogen and oxygen atoms in total. The van der Waals surface area contributed by atoms with Crippen LogP contribution >= 0.6 is 0 Å². The number of hydrogen-bond donors (Lipinski definition) is 4. The van der Waals surface area contributed by atoms with Crippen LogP contribution < -0.4 is 11.2 Å². The molecule has 1 saturated heterocycles. The van der Waals surface area contributed by atoms with Gasteiger partial charge in [0.15, 0.2) is 5.75 Å². The van der Waals surface area contributed by atoms with Crippen LogP contribution in [0.5, 0.6) is 5.75 Å². The lowest BCUT2D eigenvalue weighted by molar-refractivity contribution is 0.138. The molecule has 0 radical (unpaired) electrons. The van der Waals surface area contributed by atoms with Crippen molar-refractivity contribution < 1.29 is 18.3 Å². The molecule has 0 saturated carbocycles. The summed E-state index contributed by atoms with van der Waals surface area (Å²) in [7, 11) is 0. The molecule has 1 aromatic carbocycles. The van der Waals surface area contributed by atoms with Crippen LogP contribution in [0.2, 0.25) is 0 Å². The first-order chi connectivity index (χ1) is 13.8. The second-order valence-corrected chi connectivity index (χ2v) is 6.85. The van der Waals surface area contributed by atoms with Gasteiger partial charge in [-0.15, -0.1) is 0 Å². The van der Waals surface area contributed by atoms with E-state index < -0.39 is 40.7 Å². The van der Waals surface area contributed by atoms with E-state index in [0.717, 1.165) is 18.2 Å². The summed E-state index contributed by atoms with van der Waals surface area (Å²) in [6.07, 6.45) is 0. The monoisotopic (exact) mass is 409 g/mol. The molecule has 5 N–H and O–H groups in total. The van der Waals surface area contributed by atoms with Crippen LogP contribution in [-0.4, -0.2) is 71.5 Å². The minimum absolute atomic E-state index is 0.101. The largest absolute Gasteiger partial charge is 0.503 e. The topological polar surface area (TPSA) is 109 Å². The molecule has 3 rings (SSSR count). The van der Waals surface area contributed by atoms with Crippen LogP contribution in [-0.2, 0) is 0 Å². The molecule has 29 heavy (non-hydrogen) atoms. The predicted molar refractivity (Wildman–Crippen MR) is 104 cm³/mol. The number of halogens is 3. The van der Waals surface area contributed by atoms with Gasteiger partial charge in [-0.2, -0.15) is 0 Å². The van der Waals surface area contributed by atoms with E-state index in [9.17, 15) is 23.1 Å². The Hall–Kier alpha value is -2.85. The molecular weight excluding hydrogens is 387 g/mol. The Morgan fingerprint density at radius 2 is 1.76 bits per heavy atom. The maximum Gasteiger partial charge on any atom is 0.235 e. The molecule has 0 atom stereocenters. The van der Waals surface area contributed by atoms with E-state index in [1.165, 1.54) is 0 Å². The van der Waals surface area contributed by atoms with Gasteiger partial charge in [-0.1, -0.05) is 6.07 Å². The highest BCUT2D eigenvalue weighted by Crippen LogP contribution is 2.31. The number of aromatic hydroxyl groups is 1. The number of nitrogen functional groups attached to an aromatic ring is 1. The summed E-state index contributed by atoms with van der Waals surface area (Å²) in [4.78, 5) is 19.0. The van der Waals surface area contributed by atoms with Gasteiger partial charge in [-0.05, 0) is 12.1 Å². The van der Waals surface area contributed by atoms with Crippen molar-refractivity contribution in [2.45, 2.75) is 0 Å². The number of benzene rings is 1. The zero-order valence-electron chi connectivity index (χ0n) is 15.6. The van der Waals surface area contributed by atoms with E-state index in [1.54, 1.807) is 0 Å². The van der Waals surface area contributed by atoms with Gasteiger partial charge in [0, 0.05) is 39.3 Å². The van der Waals surface area contributed by atoms with Gasteiger partial charge in [-0.25, -0.2) is 13.2 Å². The number of anilines is 1. The van der Waals surface area contributed by atoms with Gasteiger partial charge < -0.3 is 21.2 Å². The summed E-state index contributed by atoms with van der Waals surface area (Å²) >= 11 is 0. The molecule has 1 aliphatic rings. The van der Waals surface area contributed by atoms with Crippen LogP contribution in [0.25, 0.3) is 11.3 Å². The lowest BCUT2D eigenvalue weighted by atomic mass is 10.0. The van der Waals surface area contributed by atoms with Gasteiger partial charge in [0.2, 0.25) is 5.43 Å². The smallest absolute Gasteiger partial charge is 0.235 e. The molecule has 0 spiro atoms. The number of piperazine rings is 1. The predicted octanol–water partition coefficient (Wildman–Crippen LogP) is 1.56. The maximum absolute atomic E-state index is 14.0. The van der Waals surface area contributed by atoms with Crippen LogP contribution in [0.3, 0.4) is 0 Å². The Morgan fingerprint density at radius 1 is 1.17 bits per heavy atom. The SMILES string of the molecule is N=C(CN1CCN(CCF)CC1)c1c(N)[nH]c(-c2c(F)cccc2F)c(O)c1=O. The van der Waals surface area contributed by atoms with Gasteiger partial charge in [0.1, 0.15) is 24.1 Å². The van der Waals surface area contributed by atoms with E-state index in [4.69, 9.17) is 11.1 Å². The van der Waals surface area contributed by atoms with E-state index in [2.05, 4.69) is 4.98 Å². The molecule has 1 aromatic heterocycles. The standard InChI is InChI=1S/C19H22F3N5O2/c20-4-5-26-6-8-27(9-7-26)10-13(23)15-17(28)18(29)16(25-19(15)24)14-11(21)2-1-3-12(14)22/h1-3,23,29H,4-10H2,(H3,24,25,28). The van der Waals surface area contributed by atoms with E-state index in [1.807, 2.05) is 9.80 Å². The highest BCUT2D eigenvalue weighted by molar-refractivity contribution is 6.04. The molecule has 10 heteroatoms. The zero-order chi connectivity index (χ0) is 21.1. The first kappa shape index (κ1) is 20.9. The summed E-state index contributed by atoms with van der Waals surface area (Å²) in [5, 5.41) is 18.5. The lowest BCUT2D eigenvalue weighted by Gasteiger charge is -2.34. The molecule has 0 bridgehead atoms. The number of alkyl halides is 1. The Labute approximate surface area is 165 Å². The summed E-state index contributed by atoms with van der Waals surface area (Å²) in [5.74, 6) is -3.10. The Kier molecular flexibility index (Phi) is 6.23. The summed E-state index contributed by atoms with van der Waals surface area (Å²) in [6.45, 7) is 2.49. The van der Waals surface area contributed by atoms with Crippen molar-refractivity contribution in [2.75, 3.05) is 51.7 Å². The molecule has 1 fully saturated rings. The van der Waals surface area contributed by atoms with Gasteiger partial charge in [-0.3, -0.25) is 14.6 Å². The number of pyridine rings is 1. The molecule has 0 aliphatic carbocycles. The van der Waals surface area contributed by atoms with E-state index in [-0.39, 0.29) is 23.6 Å². The first-order valence-corrected chi connectivity index (χ1v) is 9.11. The highest BCUT2D eigenvalue weighted by Gasteiger charge is 2.25. The van der Waals surface area contributed by atoms with Crippen molar-refractivity contribution in [1.29, 1.82) is 5.41 Å². The van der Waals surface area contributed by atoms with Gasteiger partial charge in [0.05, 0.1) is 22.5 Å². The van der Waals surface area contributed by atoms with Crippen molar-refractivity contribution in [1.82, 2.24) is 14.8 Å². The maximum atomic E-state index is 14.0. The fourth-order valence-corrected chi connectivity index (χ4v) is 3.42. The van der Waals surface area contributed by atoms with Gasteiger partial charge >= 0.3 is 0 Å². The minimum atomic E-state index is -0.972. The third-order valence-corrected chi connectivity index (χ3v) is 4.97. The molecular formula is C19H22F3N5O2. The molecule has 0 unspecified atom stereocenters. The molecule has 0 amide bonds. The average Bonchev–Trinajstić information content (AvgIpc) is 2.67. The lowest BCUT2D eigenvalue weighted by Crippen LogP contribution is -2.48. The van der Waals surface area contributed by atoms with Crippen LogP contribution in [0.15, 0.2) is 23.0 Å². The number of nitrogens with zero attached hydrogens (tertiary/aromatic N) is 2. The summed E-state index contributed by atoms with van der Waals surface area (Å²) < 4.78 is 40.5. The number of nitrogens with two attached hydrogens (primary N) is 1. The van der Waals surface area contributed by atoms with Crippen LogP contribution in [0, 0.1) is 17.0 Å². The number of nitrogens with one attached hydrogen (secondary N) is 2. The van der Waals surface area contributed by atoms with Crippen LogP contribution in [0.4, 0.5) is 19.0 Å². The molecule has 156 valence electrons. The quantitative estimate of drug-likeness (QED) is 0.542. The fraction of sp³-hybridized carbons (Fsp3) is 0.368. The van der Waals surface area contributed by atoms with Gasteiger partial charge in [0.25, 0.3) is 0 Å². The molecule has 1 aliphatic heterocycles. The van der Waals surface area contributed by atoms with E-state index >= 15 is 0 Å². The normalized spacial score (nSPS) is 15.6. The third-order valence-electron chi connectivity index (χ3n) is 4.97. The van der Waals surface area contributed by atoms with Crippen molar-refractivity contribution in [2.24, 2.45) is 0 Å². The number of aromatic nitrogens is 1. The molecule has 2 heterocycles. The number of aromatic amines is 1. The first-order valence-electron chi connectivity index (χ1n) is 9.11. The number of rotatable bonds is 6. The highest BCUT2D eigenvalue weighted by atomic mass is 19.1. The zero-order valence-corrected chi connectivity index (χ0v) is 15.6. The minimum Gasteiger partial charge on any atom is -0.503 e. The average molecular weight is 409 g/mol. The van der Waals surface area contributed by atoms with Crippen molar-refractivity contribution in [3.05, 3.63) is 45.6 Å². The third kappa shape index (κ3) is 4.28. The number of H-pyrrole nitrogens is 1. The second-order valence-electron chi connectivity index (χ2n) is 6.85. The van der Waals surface area contributed by atoms with Crippen molar-refractivity contribution in [3.8, 4) is 17.0 Å². The van der Waals surface area contributed by atoms with Crippen LogP contribution in [0.1, 0.15) is 5.56 Å². The number of hydrogen-bond acceptors (Lipinski definition) is 6. The Morgan fingerprint density at radius 3 is 2.34 bits per heavy atom. The molecule has 2 aromatic rings. The fourth-order valence-electron chi connectivity index (χ4n) is 3.42. The summed E-state index contributed by atoms with van der Waals surface area (Å²) in [5.41, 5.74) is 3.46. The Balaban J connectivity index is 1.85. The van der Waals surface area contributed by atoms with E-state index in [0.29, 0.717) is 32.7 Å². The second kappa shape index (κ2) is 8.66.